The van der Waals surface area contributed by atoms with Crippen LogP contribution in [0.4, 0.5) is 10.1 Å². The van der Waals surface area contributed by atoms with Gasteiger partial charge >= 0.3 is 0 Å². The van der Waals surface area contributed by atoms with Gasteiger partial charge in [-0.1, -0.05) is 6.92 Å². The minimum Gasteiger partial charge on any atom is -0.395 e. The van der Waals surface area contributed by atoms with Gasteiger partial charge in [0.25, 0.3) is 0 Å². The zero-order valence-corrected chi connectivity index (χ0v) is 11.7. The average molecular weight is 270 g/mol. The van der Waals surface area contributed by atoms with Gasteiger partial charge in [0.1, 0.15) is 5.82 Å². The Morgan fingerprint density at radius 2 is 2.16 bits per heavy atom. The monoisotopic (exact) mass is 270 g/mol. The third kappa shape index (κ3) is 5.14. The van der Waals surface area contributed by atoms with Gasteiger partial charge in [0.15, 0.2) is 0 Å². The van der Waals surface area contributed by atoms with Crippen LogP contribution in [0.3, 0.4) is 0 Å². The Hall–Kier alpha value is -1.17. The van der Waals surface area contributed by atoms with Crippen LogP contribution < -0.4 is 10.2 Å². The van der Waals surface area contributed by atoms with Gasteiger partial charge in [-0.3, -0.25) is 0 Å². The van der Waals surface area contributed by atoms with E-state index in [0.717, 1.165) is 17.8 Å². The van der Waals surface area contributed by atoms with Crippen LogP contribution in [0, 0.1) is 5.82 Å². The molecule has 0 atom stereocenters. The van der Waals surface area contributed by atoms with Crippen molar-refractivity contribution >= 4 is 5.69 Å². The van der Waals surface area contributed by atoms with Crippen LogP contribution in [0.5, 0.6) is 0 Å². The first kappa shape index (κ1) is 15.9. The Morgan fingerprint density at radius 1 is 1.37 bits per heavy atom. The van der Waals surface area contributed by atoms with Crippen LogP contribution in [-0.4, -0.2) is 45.1 Å². The van der Waals surface area contributed by atoms with Crippen molar-refractivity contribution in [3.63, 3.8) is 0 Å². The van der Waals surface area contributed by atoms with E-state index < -0.39 is 0 Å². The summed E-state index contributed by atoms with van der Waals surface area (Å²) in [5.41, 5.74) is 1.83. The lowest BCUT2D eigenvalue weighted by Gasteiger charge is -2.26. The summed E-state index contributed by atoms with van der Waals surface area (Å²) in [5.74, 6) is -0.243. The van der Waals surface area contributed by atoms with E-state index in [9.17, 15) is 4.39 Å². The number of anilines is 1. The first-order valence-electron chi connectivity index (χ1n) is 6.56. The van der Waals surface area contributed by atoms with Crippen molar-refractivity contribution in [1.82, 2.24) is 5.32 Å². The molecule has 0 aliphatic heterocycles. The van der Waals surface area contributed by atoms with Crippen molar-refractivity contribution in [2.75, 3.05) is 44.9 Å². The third-order valence-electron chi connectivity index (χ3n) is 2.88. The van der Waals surface area contributed by atoms with E-state index in [1.807, 2.05) is 11.8 Å². The fourth-order valence-electron chi connectivity index (χ4n) is 1.94. The van der Waals surface area contributed by atoms with Crippen molar-refractivity contribution in [2.24, 2.45) is 0 Å². The standard InChI is InChI=1S/C14H23FN2O2/c1-3-16-11-12-10-13(15)4-5-14(12)17(6-8-18)7-9-19-2/h4-5,10,16,18H,3,6-9,11H2,1-2H3. The molecule has 0 aliphatic carbocycles. The third-order valence-corrected chi connectivity index (χ3v) is 2.88. The Bertz CT molecular complexity index is 374. The van der Waals surface area contributed by atoms with E-state index >= 15 is 0 Å². The van der Waals surface area contributed by atoms with Crippen LogP contribution in [0.15, 0.2) is 18.2 Å². The minimum absolute atomic E-state index is 0.0573. The molecule has 0 fully saturated rings. The van der Waals surface area contributed by atoms with Crippen LogP contribution >= 0.6 is 0 Å². The highest BCUT2D eigenvalue weighted by molar-refractivity contribution is 5.54. The molecule has 0 heterocycles. The molecule has 0 amide bonds. The summed E-state index contributed by atoms with van der Waals surface area (Å²) < 4.78 is 18.4. The summed E-state index contributed by atoms with van der Waals surface area (Å²) >= 11 is 0. The van der Waals surface area contributed by atoms with Gasteiger partial charge in [-0.05, 0) is 30.3 Å². The number of hydrogen-bond acceptors (Lipinski definition) is 4. The number of halogens is 1. The van der Waals surface area contributed by atoms with Gasteiger partial charge in [0, 0.05) is 32.4 Å². The van der Waals surface area contributed by atoms with Crippen LogP contribution in [-0.2, 0) is 11.3 Å². The Balaban J connectivity index is 2.91. The van der Waals surface area contributed by atoms with Gasteiger partial charge in [-0.25, -0.2) is 4.39 Å². The molecule has 0 aliphatic rings. The second-order valence-corrected chi connectivity index (χ2v) is 4.26. The molecule has 5 heteroatoms. The van der Waals surface area contributed by atoms with Crippen molar-refractivity contribution < 1.29 is 14.2 Å². The first-order valence-corrected chi connectivity index (χ1v) is 6.56. The molecule has 19 heavy (non-hydrogen) atoms. The predicted molar refractivity (Wildman–Crippen MR) is 75.0 cm³/mol. The van der Waals surface area contributed by atoms with E-state index in [-0.39, 0.29) is 12.4 Å². The molecule has 0 bridgehead atoms. The summed E-state index contributed by atoms with van der Waals surface area (Å²) in [7, 11) is 1.64. The largest absolute Gasteiger partial charge is 0.395 e. The molecule has 2 N–H and O–H groups in total. The molecule has 108 valence electrons. The van der Waals surface area contributed by atoms with Gasteiger partial charge in [-0.2, -0.15) is 0 Å². The van der Waals surface area contributed by atoms with E-state index in [4.69, 9.17) is 9.84 Å². The summed E-state index contributed by atoms with van der Waals surface area (Å²) in [6.07, 6.45) is 0. The lowest BCUT2D eigenvalue weighted by molar-refractivity contribution is 0.203. The molecule has 0 unspecified atom stereocenters. The quantitative estimate of drug-likeness (QED) is 0.711. The number of benzene rings is 1. The van der Waals surface area contributed by atoms with E-state index in [0.29, 0.717) is 26.2 Å². The number of methoxy groups -OCH3 is 1. The van der Waals surface area contributed by atoms with Gasteiger partial charge in [-0.15, -0.1) is 0 Å². The predicted octanol–water partition coefficient (Wildman–Crippen LogP) is 1.38. The number of hydrogen-bond donors (Lipinski definition) is 2. The maximum atomic E-state index is 13.4. The molecule has 4 nitrogen and oxygen atoms in total. The Kier molecular flexibility index (Phi) is 7.40. The number of aliphatic hydroxyl groups is 1. The average Bonchev–Trinajstić information content (AvgIpc) is 2.41. The minimum atomic E-state index is -0.243. The summed E-state index contributed by atoms with van der Waals surface area (Å²) in [6.45, 7) is 5.25. The SMILES string of the molecule is CCNCc1cc(F)ccc1N(CCO)CCOC. The molecule has 0 aromatic heterocycles. The Morgan fingerprint density at radius 3 is 2.79 bits per heavy atom. The zero-order chi connectivity index (χ0) is 14.1. The van der Waals surface area contributed by atoms with Crippen molar-refractivity contribution in [3.05, 3.63) is 29.6 Å². The zero-order valence-electron chi connectivity index (χ0n) is 11.7. The number of nitrogens with zero attached hydrogens (tertiary/aromatic N) is 1. The number of nitrogens with one attached hydrogen (secondary N) is 1. The number of aliphatic hydroxyl groups excluding tert-OH is 1. The molecule has 1 aromatic rings. The molecule has 0 saturated heterocycles. The molecule has 0 spiro atoms. The lowest BCUT2D eigenvalue weighted by atomic mass is 10.1. The normalized spacial score (nSPS) is 10.7. The fourth-order valence-corrected chi connectivity index (χ4v) is 1.94. The Labute approximate surface area is 114 Å². The van der Waals surface area contributed by atoms with Crippen molar-refractivity contribution in [3.8, 4) is 0 Å². The molecule has 0 radical (unpaired) electrons. The van der Waals surface area contributed by atoms with Gasteiger partial charge < -0.3 is 20.1 Å². The smallest absolute Gasteiger partial charge is 0.123 e. The molecule has 0 saturated carbocycles. The number of rotatable bonds is 9. The summed E-state index contributed by atoms with van der Waals surface area (Å²) in [6, 6.07) is 4.74. The summed E-state index contributed by atoms with van der Waals surface area (Å²) in [5, 5.41) is 12.3. The van der Waals surface area contributed by atoms with E-state index in [1.165, 1.54) is 12.1 Å². The molecular weight excluding hydrogens is 247 g/mol. The van der Waals surface area contributed by atoms with Crippen molar-refractivity contribution in [1.29, 1.82) is 0 Å². The van der Waals surface area contributed by atoms with E-state index in [2.05, 4.69) is 5.32 Å². The maximum absolute atomic E-state index is 13.4. The molecule has 1 aromatic carbocycles. The second kappa shape index (κ2) is 8.85. The maximum Gasteiger partial charge on any atom is 0.123 e. The molecular formula is C14H23FN2O2. The van der Waals surface area contributed by atoms with Gasteiger partial charge in [0.05, 0.1) is 13.2 Å². The fraction of sp³-hybridized carbons (Fsp3) is 0.571. The highest BCUT2D eigenvalue weighted by atomic mass is 19.1. The number of ether oxygens (including phenoxy) is 1. The highest BCUT2D eigenvalue weighted by Crippen LogP contribution is 2.21. The van der Waals surface area contributed by atoms with Crippen LogP contribution in [0.1, 0.15) is 12.5 Å². The van der Waals surface area contributed by atoms with Gasteiger partial charge in [0.2, 0.25) is 0 Å². The first-order chi connectivity index (χ1) is 9.22. The second-order valence-electron chi connectivity index (χ2n) is 4.26. The topological polar surface area (TPSA) is 44.7 Å². The summed E-state index contributed by atoms with van der Waals surface area (Å²) in [4.78, 5) is 2.01. The molecule has 1 rings (SSSR count). The van der Waals surface area contributed by atoms with Crippen LogP contribution in [0.2, 0.25) is 0 Å². The van der Waals surface area contributed by atoms with Crippen molar-refractivity contribution in [2.45, 2.75) is 13.5 Å². The highest BCUT2D eigenvalue weighted by Gasteiger charge is 2.11. The van der Waals surface area contributed by atoms with Crippen LogP contribution in [0.25, 0.3) is 0 Å². The lowest BCUT2D eigenvalue weighted by Crippen LogP contribution is -2.31. The van der Waals surface area contributed by atoms with E-state index in [1.54, 1.807) is 13.2 Å².